The van der Waals surface area contributed by atoms with Gasteiger partial charge in [0, 0.05) is 43.9 Å². The summed E-state index contributed by atoms with van der Waals surface area (Å²) in [5, 5.41) is 10.1. The number of rotatable bonds is 11. The zero-order valence-electron chi connectivity index (χ0n) is 44.6. The van der Waals surface area contributed by atoms with Crippen molar-refractivity contribution >= 4 is 72.4 Å². The SMILES string of the molecule is c1ccc(-c2cc(-c3ccccc3)cc([Si](c3ccccc3)(c3ccccc3)c3cc(-c4ccccc4)c(-n4c5ccccc5c5cc(-n6c7ccccc7c7cccc(-c8ccccc8)c76)ccc54)c(-c4ccccc4)c3)c2)cc1. The van der Waals surface area contributed by atoms with Gasteiger partial charge in [0.1, 0.15) is 0 Å². The molecule has 0 radical (unpaired) electrons. The van der Waals surface area contributed by atoms with E-state index in [0.717, 1.165) is 33.5 Å². The lowest BCUT2D eigenvalue weighted by Crippen LogP contribution is -2.74. The van der Waals surface area contributed by atoms with Gasteiger partial charge in [0.25, 0.3) is 0 Å². The summed E-state index contributed by atoms with van der Waals surface area (Å²) in [5.41, 5.74) is 18.8. The van der Waals surface area contributed by atoms with E-state index in [0.29, 0.717) is 0 Å². The third-order valence-corrected chi connectivity index (χ3v) is 21.3. The monoisotopic (exact) mass is 1050 g/mol. The van der Waals surface area contributed by atoms with Crippen LogP contribution in [0.1, 0.15) is 0 Å². The van der Waals surface area contributed by atoms with Crippen LogP contribution in [0.25, 0.3) is 111 Å². The Balaban J connectivity index is 1.06. The van der Waals surface area contributed by atoms with Gasteiger partial charge >= 0.3 is 0 Å². The van der Waals surface area contributed by atoms with Gasteiger partial charge in [-0.25, -0.2) is 0 Å². The van der Waals surface area contributed by atoms with Crippen LogP contribution in [0, 0.1) is 0 Å². The molecule has 3 heteroatoms. The number of nitrogens with zero attached hydrogens (tertiary/aromatic N) is 2. The molecule has 0 bridgehead atoms. The highest BCUT2D eigenvalue weighted by Crippen LogP contribution is 2.44. The van der Waals surface area contributed by atoms with E-state index >= 15 is 0 Å². The average molecular weight is 1050 g/mol. The van der Waals surface area contributed by atoms with Crippen molar-refractivity contribution < 1.29 is 0 Å². The molecule has 0 aliphatic rings. The topological polar surface area (TPSA) is 9.86 Å². The van der Waals surface area contributed by atoms with Crippen molar-refractivity contribution in [1.82, 2.24) is 9.13 Å². The molecule has 0 fully saturated rings. The zero-order chi connectivity index (χ0) is 53.7. The molecular weight excluding hydrogens is 993 g/mol. The van der Waals surface area contributed by atoms with Crippen LogP contribution in [0.2, 0.25) is 0 Å². The van der Waals surface area contributed by atoms with Crippen molar-refractivity contribution in [1.29, 1.82) is 0 Å². The Morgan fingerprint density at radius 1 is 0.210 bits per heavy atom. The van der Waals surface area contributed by atoms with E-state index in [2.05, 4.69) is 337 Å². The molecule has 81 heavy (non-hydrogen) atoms. The number of hydrogen-bond acceptors (Lipinski definition) is 0. The van der Waals surface area contributed by atoms with Crippen molar-refractivity contribution in [3.05, 3.63) is 328 Å². The van der Waals surface area contributed by atoms with E-state index in [-0.39, 0.29) is 0 Å². The van der Waals surface area contributed by atoms with Crippen LogP contribution in [-0.4, -0.2) is 17.2 Å². The minimum atomic E-state index is -3.30. The third-order valence-electron chi connectivity index (χ3n) is 16.6. The van der Waals surface area contributed by atoms with E-state index < -0.39 is 8.07 Å². The van der Waals surface area contributed by atoms with Crippen LogP contribution in [0.15, 0.2) is 328 Å². The van der Waals surface area contributed by atoms with Crippen LogP contribution < -0.4 is 20.7 Å². The third kappa shape index (κ3) is 8.08. The molecule has 2 heterocycles. The number of benzene rings is 13. The Labute approximate surface area is 473 Å². The van der Waals surface area contributed by atoms with Gasteiger partial charge in [0.15, 0.2) is 8.07 Å². The highest BCUT2D eigenvalue weighted by atomic mass is 28.3. The summed E-state index contributed by atoms with van der Waals surface area (Å²) in [4.78, 5) is 0. The molecule has 13 aromatic carbocycles. The van der Waals surface area contributed by atoms with Crippen molar-refractivity contribution in [2.45, 2.75) is 0 Å². The molecule has 2 aromatic heterocycles. The molecule has 15 rings (SSSR count). The summed E-state index contributed by atoms with van der Waals surface area (Å²) in [7, 11) is -3.30. The van der Waals surface area contributed by atoms with Crippen LogP contribution in [0.4, 0.5) is 0 Å². The van der Waals surface area contributed by atoms with Crippen molar-refractivity contribution in [3.63, 3.8) is 0 Å². The van der Waals surface area contributed by atoms with Gasteiger partial charge in [-0.05, 0) is 96.1 Å². The molecule has 0 aliphatic carbocycles. The summed E-state index contributed by atoms with van der Waals surface area (Å²) in [5.74, 6) is 0. The average Bonchev–Trinajstić information content (AvgIpc) is 4.30. The van der Waals surface area contributed by atoms with Gasteiger partial charge in [0.05, 0.1) is 27.8 Å². The molecular formula is C78H54N2Si. The standard InChI is InChI=1S/C78H54N2Si/c1-8-27-55(28-9-1)60-49-61(56-29-10-2-11-30-56)51-65(50-60)81(63-37-18-6-19-38-63,64-39-20-7-21-40-64)66-53-71(58-33-14-4-15-34-58)78(72(54-66)59-35-16-5-17-36-59)80-75-46-25-23-42-69(75)73-52-62(47-48-76(73)80)79-74-45-24-22-41-68(74)70-44-26-43-67(77(70)79)57-31-12-3-13-32-57/h1-54H. The maximum Gasteiger partial charge on any atom is 0.179 e. The molecule has 380 valence electrons. The molecule has 15 aromatic rings. The van der Waals surface area contributed by atoms with Crippen molar-refractivity contribution in [2.24, 2.45) is 0 Å². The maximum atomic E-state index is 2.58. The number of aromatic nitrogens is 2. The number of fused-ring (bicyclic) bond motifs is 6. The minimum Gasteiger partial charge on any atom is -0.309 e. The fourth-order valence-corrected chi connectivity index (χ4v) is 17.9. The Kier molecular flexibility index (Phi) is 11.9. The molecule has 0 atom stereocenters. The first kappa shape index (κ1) is 47.9. The molecule has 0 aliphatic heterocycles. The van der Waals surface area contributed by atoms with Crippen molar-refractivity contribution in [3.8, 4) is 67.0 Å². The second-order valence-electron chi connectivity index (χ2n) is 21.1. The predicted molar refractivity (Wildman–Crippen MR) is 346 cm³/mol. The number of para-hydroxylation sites is 3. The highest BCUT2D eigenvalue weighted by Gasteiger charge is 2.43. The van der Waals surface area contributed by atoms with E-state index in [1.807, 2.05) is 0 Å². The lowest BCUT2D eigenvalue weighted by Gasteiger charge is -2.36. The summed E-state index contributed by atoms with van der Waals surface area (Å²) < 4.78 is 5.06. The minimum absolute atomic E-state index is 1.12. The number of hydrogen-bond donors (Lipinski definition) is 0. The van der Waals surface area contributed by atoms with Gasteiger partial charge < -0.3 is 9.13 Å². The summed E-state index contributed by atoms with van der Waals surface area (Å²) in [6.45, 7) is 0. The van der Waals surface area contributed by atoms with E-state index in [9.17, 15) is 0 Å². The maximum absolute atomic E-state index is 3.30. The van der Waals surface area contributed by atoms with Gasteiger partial charge in [0.2, 0.25) is 0 Å². The van der Waals surface area contributed by atoms with Crippen LogP contribution in [-0.2, 0) is 0 Å². The fraction of sp³-hybridized carbons (Fsp3) is 0. The van der Waals surface area contributed by atoms with Gasteiger partial charge in [-0.15, -0.1) is 0 Å². The van der Waals surface area contributed by atoms with Crippen LogP contribution in [0.5, 0.6) is 0 Å². The molecule has 0 saturated heterocycles. The molecule has 0 N–H and O–H groups in total. The van der Waals surface area contributed by atoms with Gasteiger partial charge in [-0.2, -0.15) is 0 Å². The normalized spacial score (nSPS) is 11.7. The molecule has 0 saturated carbocycles. The second kappa shape index (κ2) is 20.2. The van der Waals surface area contributed by atoms with Crippen LogP contribution in [0.3, 0.4) is 0 Å². The van der Waals surface area contributed by atoms with E-state index in [4.69, 9.17) is 0 Å². The smallest absolute Gasteiger partial charge is 0.179 e. The van der Waals surface area contributed by atoms with Crippen molar-refractivity contribution in [2.75, 3.05) is 0 Å². The highest BCUT2D eigenvalue weighted by molar-refractivity contribution is 7.20. The molecule has 2 nitrogen and oxygen atoms in total. The Morgan fingerprint density at radius 2 is 0.593 bits per heavy atom. The second-order valence-corrected chi connectivity index (χ2v) is 24.9. The summed E-state index contributed by atoms with van der Waals surface area (Å²) in [6.07, 6.45) is 0. The molecule has 0 spiro atoms. The summed E-state index contributed by atoms with van der Waals surface area (Å²) in [6, 6.07) is 122. The quantitative estimate of drug-likeness (QED) is 0.0902. The largest absolute Gasteiger partial charge is 0.309 e. The first-order valence-corrected chi connectivity index (χ1v) is 30.0. The Morgan fingerprint density at radius 3 is 1.10 bits per heavy atom. The van der Waals surface area contributed by atoms with Gasteiger partial charge in [-0.3, -0.25) is 0 Å². The molecule has 0 unspecified atom stereocenters. The summed E-state index contributed by atoms with van der Waals surface area (Å²) >= 11 is 0. The van der Waals surface area contributed by atoms with E-state index in [1.165, 1.54) is 97.8 Å². The predicted octanol–water partition coefficient (Wildman–Crippen LogP) is 17.6. The lowest BCUT2D eigenvalue weighted by atomic mass is 9.95. The molecule has 0 amide bonds. The first-order chi connectivity index (χ1) is 40.2. The van der Waals surface area contributed by atoms with Crippen LogP contribution >= 0.6 is 0 Å². The lowest BCUT2D eigenvalue weighted by molar-refractivity contribution is 1.17. The Hall–Kier alpha value is -10.3. The van der Waals surface area contributed by atoms with Gasteiger partial charge in [-0.1, -0.05) is 291 Å². The zero-order valence-corrected chi connectivity index (χ0v) is 45.6. The first-order valence-electron chi connectivity index (χ1n) is 28.0. The fourth-order valence-electron chi connectivity index (χ4n) is 13.1. The van der Waals surface area contributed by atoms with E-state index in [1.54, 1.807) is 0 Å². The Bertz CT molecular complexity index is 4600.